The zero-order chi connectivity index (χ0) is 17.4. The molecular formula is C21H28ClN3. The number of nitrogens with one attached hydrogen (secondary N) is 1. The predicted molar refractivity (Wildman–Crippen MR) is 113 cm³/mol. The van der Waals surface area contributed by atoms with Crippen molar-refractivity contribution in [3.8, 4) is 0 Å². The Morgan fingerprint density at radius 1 is 1.00 bits per heavy atom. The Balaban J connectivity index is 0.00000312. The van der Waals surface area contributed by atoms with Crippen LogP contribution < -0.4 is 5.43 Å². The molecule has 3 nitrogen and oxygen atoms in total. The molecule has 0 heterocycles. The zero-order valence-electron chi connectivity index (χ0n) is 15.4. The average molecular weight is 358 g/mol. The summed E-state index contributed by atoms with van der Waals surface area (Å²) in [6.07, 6.45) is 4.22. The van der Waals surface area contributed by atoms with Crippen molar-refractivity contribution in [1.29, 1.82) is 0 Å². The summed E-state index contributed by atoms with van der Waals surface area (Å²) in [6, 6.07) is 20.3. The minimum absolute atomic E-state index is 0. The lowest BCUT2D eigenvalue weighted by Gasteiger charge is -2.28. The van der Waals surface area contributed by atoms with E-state index in [0.29, 0.717) is 0 Å². The Labute approximate surface area is 157 Å². The molecule has 1 N–H and O–H groups in total. The number of halogens is 1. The molecule has 134 valence electrons. The van der Waals surface area contributed by atoms with Crippen LogP contribution in [0.4, 0.5) is 5.69 Å². The van der Waals surface area contributed by atoms with E-state index in [1.54, 1.807) is 0 Å². The first kappa shape index (κ1) is 20.9. The van der Waals surface area contributed by atoms with Crippen molar-refractivity contribution in [3.05, 3.63) is 72.3 Å². The van der Waals surface area contributed by atoms with Crippen molar-refractivity contribution in [2.45, 2.75) is 13.8 Å². The molecule has 0 aliphatic heterocycles. The number of rotatable bonds is 7. The smallest absolute Gasteiger partial charge is 0.0676 e. The minimum atomic E-state index is -0.0729. The molecule has 0 saturated heterocycles. The molecule has 0 aromatic heterocycles. The number of allylic oxidation sites excluding steroid dienone is 1. The van der Waals surface area contributed by atoms with E-state index in [0.717, 1.165) is 17.9 Å². The Morgan fingerprint density at radius 3 is 2.12 bits per heavy atom. The fourth-order valence-corrected chi connectivity index (χ4v) is 2.66. The number of hydrazone groups is 1. The van der Waals surface area contributed by atoms with Gasteiger partial charge in [-0.05, 0) is 37.9 Å². The van der Waals surface area contributed by atoms with Gasteiger partial charge in [-0.2, -0.15) is 5.10 Å². The molecule has 4 heteroatoms. The summed E-state index contributed by atoms with van der Waals surface area (Å²) in [5.41, 5.74) is 6.28. The van der Waals surface area contributed by atoms with Crippen LogP contribution in [0, 0.1) is 5.41 Å². The SMILES string of the molecule is CN(C)CC(C)(C)/C(C=Cc1ccccc1)=N\Nc1ccccc1.Cl. The fraction of sp³-hybridized carbons (Fsp3) is 0.286. The molecule has 0 atom stereocenters. The first-order valence-corrected chi connectivity index (χ1v) is 8.24. The maximum absolute atomic E-state index is 4.69. The normalized spacial score (nSPS) is 12.3. The van der Waals surface area contributed by atoms with Gasteiger partial charge in [0.15, 0.2) is 0 Å². The van der Waals surface area contributed by atoms with Crippen molar-refractivity contribution >= 4 is 29.9 Å². The lowest BCUT2D eigenvalue weighted by Crippen LogP contribution is -2.35. The third kappa shape index (κ3) is 7.12. The van der Waals surface area contributed by atoms with E-state index in [2.05, 4.69) is 67.7 Å². The van der Waals surface area contributed by atoms with Crippen molar-refractivity contribution in [2.24, 2.45) is 10.5 Å². The third-order valence-electron chi connectivity index (χ3n) is 3.72. The molecule has 2 aromatic carbocycles. The third-order valence-corrected chi connectivity index (χ3v) is 3.72. The van der Waals surface area contributed by atoms with Gasteiger partial charge in [0.25, 0.3) is 0 Å². The monoisotopic (exact) mass is 357 g/mol. The maximum Gasteiger partial charge on any atom is 0.0676 e. The van der Waals surface area contributed by atoms with E-state index >= 15 is 0 Å². The summed E-state index contributed by atoms with van der Waals surface area (Å²) < 4.78 is 0. The van der Waals surface area contributed by atoms with Gasteiger partial charge in [0.1, 0.15) is 0 Å². The molecular weight excluding hydrogens is 330 g/mol. The number of para-hydroxylation sites is 1. The molecule has 0 unspecified atom stereocenters. The fourth-order valence-electron chi connectivity index (χ4n) is 2.66. The highest BCUT2D eigenvalue weighted by Gasteiger charge is 2.24. The Morgan fingerprint density at radius 2 is 1.56 bits per heavy atom. The Hall–Kier alpha value is -2.10. The number of anilines is 1. The lowest BCUT2D eigenvalue weighted by atomic mass is 9.86. The second-order valence-corrected chi connectivity index (χ2v) is 6.84. The van der Waals surface area contributed by atoms with Crippen LogP contribution in [0.2, 0.25) is 0 Å². The first-order valence-electron chi connectivity index (χ1n) is 8.24. The Kier molecular flexibility index (Phi) is 8.39. The minimum Gasteiger partial charge on any atom is -0.308 e. The summed E-state index contributed by atoms with van der Waals surface area (Å²) >= 11 is 0. The summed E-state index contributed by atoms with van der Waals surface area (Å²) in [5.74, 6) is 0. The van der Waals surface area contributed by atoms with Gasteiger partial charge in [-0.25, -0.2) is 0 Å². The predicted octanol–water partition coefficient (Wildman–Crippen LogP) is 5.18. The number of nitrogens with zero attached hydrogens (tertiary/aromatic N) is 2. The molecule has 0 bridgehead atoms. The van der Waals surface area contributed by atoms with E-state index in [4.69, 9.17) is 0 Å². The van der Waals surface area contributed by atoms with E-state index in [-0.39, 0.29) is 17.8 Å². The standard InChI is InChI=1S/C21H27N3.ClH/c1-21(2,17-24(3)4)20(16-15-18-11-7-5-8-12-18)23-22-19-13-9-6-10-14-19;/h5-16,22H,17H2,1-4H3;1H/b16-15?,23-20-;. The first-order chi connectivity index (χ1) is 11.5. The number of benzene rings is 2. The van der Waals surface area contributed by atoms with Crippen LogP contribution >= 0.6 is 12.4 Å². The summed E-state index contributed by atoms with van der Waals surface area (Å²) in [7, 11) is 4.18. The number of hydrogen-bond donors (Lipinski definition) is 1. The topological polar surface area (TPSA) is 27.6 Å². The summed E-state index contributed by atoms with van der Waals surface area (Å²) in [6.45, 7) is 5.35. The van der Waals surface area contributed by atoms with E-state index < -0.39 is 0 Å². The molecule has 0 amide bonds. The van der Waals surface area contributed by atoms with Gasteiger partial charge >= 0.3 is 0 Å². The van der Waals surface area contributed by atoms with E-state index in [9.17, 15) is 0 Å². The molecule has 0 saturated carbocycles. The van der Waals surface area contributed by atoms with Crippen molar-refractivity contribution < 1.29 is 0 Å². The highest BCUT2D eigenvalue weighted by Crippen LogP contribution is 2.21. The van der Waals surface area contributed by atoms with Crippen molar-refractivity contribution in [2.75, 3.05) is 26.1 Å². The molecule has 0 spiro atoms. The van der Waals surface area contributed by atoms with Crippen LogP contribution in [0.5, 0.6) is 0 Å². The van der Waals surface area contributed by atoms with Crippen LogP contribution in [0.25, 0.3) is 6.08 Å². The molecule has 0 aliphatic rings. The van der Waals surface area contributed by atoms with Gasteiger partial charge in [0.2, 0.25) is 0 Å². The largest absolute Gasteiger partial charge is 0.308 e. The van der Waals surface area contributed by atoms with Crippen LogP contribution in [-0.2, 0) is 0 Å². The van der Waals surface area contributed by atoms with Crippen LogP contribution in [-0.4, -0.2) is 31.3 Å². The molecule has 0 fully saturated rings. The molecule has 2 rings (SSSR count). The van der Waals surface area contributed by atoms with Gasteiger partial charge in [-0.3, -0.25) is 5.43 Å². The van der Waals surface area contributed by atoms with E-state index in [1.807, 2.05) is 48.5 Å². The van der Waals surface area contributed by atoms with E-state index in [1.165, 1.54) is 5.56 Å². The molecule has 25 heavy (non-hydrogen) atoms. The quantitative estimate of drug-likeness (QED) is 0.546. The summed E-state index contributed by atoms with van der Waals surface area (Å²) in [5, 5.41) is 4.69. The average Bonchev–Trinajstić information content (AvgIpc) is 2.55. The van der Waals surface area contributed by atoms with Crippen LogP contribution in [0.1, 0.15) is 19.4 Å². The highest BCUT2D eigenvalue weighted by molar-refractivity contribution is 6.02. The Bertz CT molecular complexity index is 677. The lowest BCUT2D eigenvalue weighted by molar-refractivity contribution is 0.311. The van der Waals surface area contributed by atoms with Crippen LogP contribution in [0.3, 0.4) is 0 Å². The van der Waals surface area contributed by atoms with Gasteiger partial charge in [0.05, 0.1) is 11.4 Å². The maximum atomic E-state index is 4.69. The van der Waals surface area contributed by atoms with Gasteiger partial charge in [-0.1, -0.05) is 68.5 Å². The highest BCUT2D eigenvalue weighted by atomic mass is 35.5. The van der Waals surface area contributed by atoms with Crippen molar-refractivity contribution in [1.82, 2.24) is 4.90 Å². The molecule has 0 aliphatic carbocycles. The number of hydrogen-bond acceptors (Lipinski definition) is 3. The zero-order valence-corrected chi connectivity index (χ0v) is 16.3. The van der Waals surface area contributed by atoms with Gasteiger partial charge in [-0.15, -0.1) is 12.4 Å². The molecule has 2 aromatic rings. The summed E-state index contributed by atoms with van der Waals surface area (Å²) in [4.78, 5) is 2.19. The van der Waals surface area contributed by atoms with Crippen molar-refractivity contribution in [3.63, 3.8) is 0 Å². The second kappa shape index (κ2) is 10.0. The van der Waals surface area contributed by atoms with Gasteiger partial charge in [0, 0.05) is 12.0 Å². The second-order valence-electron chi connectivity index (χ2n) is 6.84. The molecule has 0 radical (unpaired) electrons. The van der Waals surface area contributed by atoms with Crippen LogP contribution in [0.15, 0.2) is 71.8 Å². The van der Waals surface area contributed by atoms with Gasteiger partial charge < -0.3 is 4.90 Å².